The highest BCUT2D eigenvalue weighted by Crippen LogP contribution is 2.26. The lowest BCUT2D eigenvalue weighted by Gasteiger charge is -2.26. The highest BCUT2D eigenvalue weighted by molar-refractivity contribution is 5.97. The van der Waals surface area contributed by atoms with E-state index in [0.717, 1.165) is 56.5 Å². The molecule has 0 unspecified atom stereocenters. The average molecular weight is 329 g/mol. The zero-order valence-corrected chi connectivity index (χ0v) is 13.7. The van der Waals surface area contributed by atoms with Crippen LogP contribution in [0.5, 0.6) is 5.75 Å². The third-order valence-electron chi connectivity index (χ3n) is 4.31. The Morgan fingerprint density at radius 1 is 1.12 bits per heavy atom. The molecule has 0 aliphatic carbocycles. The Hall–Kier alpha value is -2.11. The molecule has 0 radical (unpaired) electrons. The Kier molecular flexibility index (Phi) is 5.67. The van der Waals surface area contributed by atoms with E-state index in [0.29, 0.717) is 12.4 Å². The second kappa shape index (κ2) is 8.13. The number of unbranched alkanes of at least 4 members (excludes halogenated alkanes) is 1. The summed E-state index contributed by atoms with van der Waals surface area (Å²) in [5, 5.41) is 11.3. The van der Waals surface area contributed by atoms with Crippen LogP contribution in [0.25, 0.3) is 10.8 Å². The summed E-state index contributed by atoms with van der Waals surface area (Å²) < 4.78 is 11.1. The van der Waals surface area contributed by atoms with Gasteiger partial charge in [0.25, 0.3) is 0 Å². The van der Waals surface area contributed by atoms with E-state index in [9.17, 15) is 9.90 Å². The molecule has 0 saturated carbocycles. The van der Waals surface area contributed by atoms with Crippen LogP contribution in [0.3, 0.4) is 0 Å². The van der Waals surface area contributed by atoms with Crippen molar-refractivity contribution in [2.24, 2.45) is 0 Å². The molecular weight excluding hydrogens is 306 g/mol. The van der Waals surface area contributed by atoms with Crippen molar-refractivity contribution in [3.05, 3.63) is 42.0 Å². The van der Waals surface area contributed by atoms with Gasteiger partial charge in [-0.3, -0.25) is 4.90 Å². The number of nitrogens with zero attached hydrogens (tertiary/aromatic N) is 1. The summed E-state index contributed by atoms with van der Waals surface area (Å²) in [6, 6.07) is 11.2. The van der Waals surface area contributed by atoms with Gasteiger partial charge in [0.15, 0.2) is 0 Å². The summed E-state index contributed by atoms with van der Waals surface area (Å²) in [4.78, 5) is 13.9. The minimum absolute atomic E-state index is 0.224. The normalized spacial score (nSPS) is 15.5. The van der Waals surface area contributed by atoms with Crippen molar-refractivity contribution in [2.45, 2.75) is 12.8 Å². The molecule has 1 aliphatic rings. The van der Waals surface area contributed by atoms with Crippen LogP contribution in [-0.4, -0.2) is 55.4 Å². The highest BCUT2D eigenvalue weighted by atomic mass is 16.5. The molecule has 1 saturated heterocycles. The molecular formula is C19H23NO4. The number of carboxylic acid groups (broad SMARTS) is 1. The van der Waals surface area contributed by atoms with Crippen LogP contribution in [0.2, 0.25) is 0 Å². The first kappa shape index (κ1) is 16.7. The van der Waals surface area contributed by atoms with Gasteiger partial charge in [0.2, 0.25) is 0 Å². The van der Waals surface area contributed by atoms with Crippen molar-refractivity contribution in [2.75, 3.05) is 39.5 Å². The summed E-state index contributed by atoms with van der Waals surface area (Å²) in [5.74, 6) is -0.503. The van der Waals surface area contributed by atoms with Gasteiger partial charge >= 0.3 is 5.97 Å². The smallest absolute Gasteiger partial charge is 0.339 e. The van der Waals surface area contributed by atoms with E-state index in [2.05, 4.69) is 4.90 Å². The molecule has 3 rings (SSSR count). The SMILES string of the molecule is O=C(O)c1cc2ccccc2cc1OCCCCN1CCOCC1. The Balaban J connectivity index is 1.55. The minimum atomic E-state index is -0.955. The number of carbonyl (C=O) groups is 1. The lowest BCUT2D eigenvalue weighted by Crippen LogP contribution is -2.36. The van der Waals surface area contributed by atoms with Crippen LogP contribution in [0.4, 0.5) is 0 Å². The van der Waals surface area contributed by atoms with Crippen molar-refractivity contribution in [1.29, 1.82) is 0 Å². The maximum Gasteiger partial charge on any atom is 0.339 e. The monoisotopic (exact) mass is 329 g/mol. The molecule has 2 aromatic carbocycles. The van der Waals surface area contributed by atoms with Crippen molar-refractivity contribution in [1.82, 2.24) is 4.90 Å². The number of ether oxygens (including phenoxy) is 2. The molecule has 5 nitrogen and oxygen atoms in total. The van der Waals surface area contributed by atoms with Gasteiger partial charge in [0.1, 0.15) is 11.3 Å². The molecule has 128 valence electrons. The van der Waals surface area contributed by atoms with Crippen LogP contribution >= 0.6 is 0 Å². The van der Waals surface area contributed by atoms with Gasteiger partial charge in [-0.25, -0.2) is 4.79 Å². The van der Waals surface area contributed by atoms with E-state index < -0.39 is 5.97 Å². The van der Waals surface area contributed by atoms with E-state index in [1.165, 1.54) is 0 Å². The summed E-state index contributed by atoms with van der Waals surface area (Å²) in [6.45, 7) is 5.19. The summed E-state index contributed by atoms with van der Waals surface area (Å²) >= 11 is 0. The first-order valence-electron chi connectivity index (χ1n) is 8.43. The van der Waals surface area contributed by atoms with Crippen LogP contribution in [0.1, 0.15) is 23.2 Å². The van der Waals surface area contributed by atoms with E-state index >= 15 is 0 Å². The predicted octanol–water partition coefficient (Wildman–Crippen LogP) is 3.03. The molecule has 2 aromatic rings. The zero-order chi connectivity index (χ0) is 16.8. The molecule has 1 heterocycles. The number of rotatable bonds is 7. The van der Waals surface area contributed by atoms with Crippen LogP contribution in [-0.2, 0) is 4.74 Å². The molecule has 0 aromatic heterocycles. The van der Waals surface area contributed by atoms with Gasteiger partial charge in [-0.05, 0) is 42.3 Å². The fourth-order valence-electron chi connectivity index (χ4n) is 2.95. The fraction of sp³-hybridized carbons (Fsp3) is 0.421. The standard InChI is InChI=1S/C19H23NO4/c21-19(22)17-13-15-5-1-2-6-16(15)14-18(17)24-10-4-3-7-20-8-11-23-12-9-20/h1-2,5-6,13-14H,3-4,7-12H2,(H,21,22). The molecule has 1 N–H and O–H groups in total. The topological polar surface area (TPSA) is 59.0 Å². The molecule has 0 spiro atoms. The van der Waals surface area contributed by atoms with Crippen LogP contribution in [0.15, 0.2) is 36.4 Å². The van der Waals surface area contributed by atoms with Gasteiger partial charge in [-0.2, -0.15) is 0 Å². The first-order chi connectivity index (χ1) is 11.7. The highest BCUT2D eigenvalue weighted by Gasteiger charge is 2.13. The lowest BCUT2D eigenvalue weighted by molar-refractivity contribution is 0.0368. The lowest BCUT2D eigenvalue weighted by atomic mass is 10.1. The van der Waals surface area contributed by atoms with Gasteiger partial charge in [-0.1, -0.05) is 24.3 Å². The molecule has 1 aliphatic heterocycles. The zero-order valence-electron chi connectivity index (χ0n) is 13.7. The van der Waals surface area contributed by atoms with Crippen molar-refractivity contribution in [3.8, 4) is 5.75 Å². The van der Waals surface area contributed by atoms with Crippen LogP contribution in [0, 0.1) is 0 Å². The molecule has 1 fully saturated rings. The average Bonchev–Trinajstić information content (AvgIpc) is 2.61. The summed E-state index contributed by atoms with van der Waals surface area (Å²) in [6.07, 6.45) is 1.94. The summed E-state index contributed by atoms with van der Waals surface area (Å²) in [5.41, 5.74) is 0.224. The quantitative estimate of drug-likeness (QED) is 0.791. The van der Waals surface area contributed by atoms with E-state index in [1.807, 2.05) is 30.3 Å². The number of hydrogen-bond acceptors (Lipinski definition) is 4. The third-order valence-corrected chi connectivity index (χ3v) is 4.31. The van der Waals surface area contributed by atoms with E-state index in [4.69, 9.17) is 9.47 Å². The number of carboxylic acids is 1. The molecule has 0 amide bonds. The second-order valence-corrected chi connectivity index (χ2v) is 6.01. The third kappa shape index (κ3) is 4.24. The number of hydrogen-bond donors (Lipinski definition) is 1. The second-order valence-electron chi connectivity index (χ2n) is 6.01. The Labute approximate surface area is 141 Å². The van der Waals surface area contributed by atoms with Crippen molar-refractivity contribution < 1.29 is 19.4 Å². The van der Waals surface area contributed by atoms with E-state index in [-0.39, 0.29) is 5.56 Å². The predicted molar refractivity (Wildman–Crippen MR) is 92.9 cm³/mol. The van der Waals surface area contributed by atoms with Crippen molar-refractivity contribution >= 4 is 16.7 Å². The summed E-state index contributed by atoms with van der Waals surface area (Å²) in [7, 11) is 0. The maximum atomic E-state index is 11.5. The molecule has 5 heteroatoms. The molecule has 0 bridgehead atoms. The number of benzene rings is 2. The maximum absolute atomic E-state index is 11.5. The largest absolute Gasteiger partial charge is 0.493 e. The molecule has 24 heavy (non-hydrogen) atoms. The Bertz CT molecular complexity index is 695. The number of aromatic carboxylic acids is 1. The Morgan fingerprint density at radius 3 is 2.54 bits per heavy atom. The van der Waals surface area contributed by atoms with Crippen LogP contribution < -0.4 is 4.74 Å². The minimum Gasteiger partial charge on any atom is -0.493 e. The van der Waals surface area contributed by atoms with E-state index in [1.54, 1.807) is 6.07 Å². The van der Waals surface area contributed by atoms with Gasteiger partial charge in [0.05, 0.1) is 19.8 Å². The molecule has 0 atom stereocenters. The fourth-order valence-corrected chi connectivity index (χ4v) is 2.95. The van der Waals surface area contributed by atoms with Gasteiger partial charge < -0.3 is 14.6 Å². The Morgan fingerprint density at radius 2 is 1.83 bits per heavy atom. The van der Waals surface area contributed by atoms with Crippen molar-refractivity contribution in [3.63, 3.8) is 0 Å². The van der Waals surface area contributed by atoms with Gasteiger partial charge in [-0.15, -0.1) is 0 Å². The number of fused-ring (bicyclic) bond motifs is 1. The first-order valence-corrected chi connectivity index (χ1v) is 8.43. The number of morpholine rings is 1. The van der Waals surface area contributed by atoms with Gasteiger partial charge in [0, 0.05) is 13.1 Å².